The maximum atomic E-state index is 12.7. The number of hydrogen-bond donors (Lipinski definition) is 4. The topological polar surface area (TPSA) is 152 Å². The van der Waals surface area contributed by atoms with Crippen LogP contribution in [0.25, 0.3) is 0 Å². The van der Waals surface area contributed by atoms with Crippen LogP contribution in [0.3, 0.4) is 0 Å². The average molecular weight is 777 g/mol. The predicted molar refractivity (Wildman–Crippen MR) is 219 cm³/mol. The van der Waals surface area contributed by atoms with Crippen LogP contribution in [0.5, 0.6) is 0 Å². The second kappa shape index (κ2) is 35.8. The van der Waals surface area contributed by atoms with Crippen molar-refractivity contribution in [3.63, 3.8) is 0 Å². The van der Waals surface area contributed by atoms with Crippen LogP contribution < -0.4 is 0 Å². The highest BCUT2D eigenvalue weighted by Crippen LogP contribution is 2.22. The van der Waals surface area contributed by atoms with Crippen LogP contribution in [0.4, 0.5) is 0 Å². The lowest BCUT2D eigenvalue weighted by Gasteiger charge is -2.39. The molecule has 0 unspecified atom stereocenters. The zero-order chi connectivity index (χ0) is 40.2. The van der Waals surface area contributed by atoms with Crippen LogP contribution in [0.2, 0.25) is 0 Å². The van der Waals surface area contributed by atoms with Crippen LogP contribution in [0.1, 0.15) is 155 Å². The smallest absolute Gasteiger partial charge is 0.306 e. The van der Waals surface area contributed by atoms with Gasteiger partial charge in [0.05, 0.1) is 13.2 Å². The Bertz CT molecular complexity index is 1080. The molecule has 1 fully saturated rings. The van der Waals surface area contributed by atoms with Crippen LogP contribution in [-0.2, 0) is 28.5 Å². The van der Waals surface area contributed by atoms with E-state index in [2.05, 4.69) is 74.6 Å². The Kier molecular flexibility index (Phi) is 32.8. The molecule has 0 spiro atoms. The Hall–Kier alpha value is -2.60. The third kappa shape index (κ3) is 27.6. The molecule has 0 saturated carbocycles. The first-order valence-corrected chi connectivity index (χ1v) is 21.4. The number of hydrogen-bond acceptors (Lipinski definition) is 10. The number of rotatable bonds is 34. The second-order valence-corrected chi connectivity index (χ2v) is 14.4. The van der Waals surface area contributed by atoms with Gasteiger partial charge in [-0.15, -0.1) is 0 Å². The molecular formula is C45H76O10. The molecule has 1 heterocycles. The summed E-state index contributed by atoms with van der Waals surface area (Å²) in [4.78, 5) is 25.3. The molecule has 0 bridgehead atoms. The molecule has 316 valence electrons. The van der Waals surface area contributed by atoms with Gasteiger partial charge in [0.1, 0.15) is 31.0 Å². The third-order valence-electron chi connectivity index (χ3n) is 9.39. The SMILES string of the molecule is CC/C=C\C/C=C\C/C=C/CCCCCCCC(=O)O[C@H](COC(=O)CCCCCCC/C=C\C/C=C\CCCCC)CO[C@@H]1O[C@H](CO)[C@H](O)[C@H](O)[C@H]1O. The number of allylic oxidation sites excluding steroid dienone is 10. The van der Waals surface area contributed by atoms with E-state index in [9.17, 15) is 30.0 Å². The van der Waals surface area contributed by atoms with Gasteiger partial charge >= 0.3 is 11.9 Å². The lowest BCUT2D eigenvalue weighted by atomic mass is 9.99. The summed E-state index contributed by atoms with van der Waals surface area (Å²) in [5.74, 6) is -0.848. The normalized spacial score (nSPS) is 21.2. The Morgan fingerprint density at radius 3 is 1.62 bits per heavy atom. The van der Waals surface area contributed by atoms with Gasteiger partial charge in [-0.05, 0) is 77.0 Å². The fourth-order valence-corrected chi connectivity index (χ4v) is 6.00. The van der Waals surface area contributed by atoms with Gasteiger partial charge in [0, 0.05) is 12.8 Å². The zero-order valence-electron chi connectivity index (χ0n) is 34.2. The van der Waals surface area contributed by atoms with Crippen LogP contribution in [0.15, 0.2) is 60.8 Å². The molecule has 0 aromatic rings. The third-order valence-corrected chi connectivity index (χ3v) is 9.39. The van der Waals surface area contributed by atoms with Gasteiger partial charge in [-0.25, -0.2) is 0 Å². The highest BCUT2D eigenvalue weighted by atomic mass is 16.7. The Morgan fingerprint density at radius 1 is 0.582 bits per heavy atom. The number of unbranched alkanes of at least 4 members (excludes halogenated alkanes) is 13. The van der Waals surface area contributed by atoms with Crippen molar-refractivity contribution in [2.75, 3.05) is 19.8 Å². The van der Waals surface area contributed by atoms with Crippen molar-refractivity contribution in [1.82, 2.24) is 0 Å². The minimum atomic E-state index is -1.60. The molecule has 0 amide bonds. The molecule has 0 aromatic carbocycles. The lowest BCUT2D eigenvalue weighted by molar-refractivity contribution is -0.305. The van der Waals surface area contributed by atoms with Gasteiger partial charge in [0.15, 0.2) is 12.4 Å². The van der Waals surface area contributed by atoms with Crippen molar-refractivity contribution in [3.8, 4) is 0 Å². The molecule has 1 saturated heterocycles. The van der Waals surface area contributed by atoms with Crippen LogP contribution in [-0.4, -0.2) is 89.0 Å². The number of aliphatic hydroxyl groups excluding tert-OH is 4. The van der Waals surface area contributed by atoms with Crippen molar-refractivity contribution in [1.29, 1.82) is 0 Å². The van der Waals surface area contributed by atoms with E-state index < -0.39 is 55.4 Å². The van der Waals surface area contributed by atoms with Crippen LogP contribution in [0, 0.1) is 0 Å². The fourth-order valence-electron chi connectivity index (χ4n) is 6.00. The Labute approximate surface area is 332 Å². The van der Waals surface area contributed by atoms with Gasteiger partial charge in [-0.3, -0.25) is 9.59 Å². The molecule has 10 heteroatoms. The van der Waals surface area contributed by atoms with Crippen molar-refractivity contribution in [2.45, 2.75) is 192 Å². The summed E-state index contributed by atoms with van der Waals surface area (Å²) in [6, 6.07) is 0. The van der Waals surface area contributed by atoms with E-state index in [1.807, 2.05) is 0 Å². The molecular weight excluding hydrogens is 700 g/mol. The number of ether oxygens (including phenoxy) is 4. The van der Waals surface area contributed by atoms with E-state index in [0.717, 1.165) is 89.9 Å². The van der Waals surface area contributed by atoms with E-state index in [1.54, 1.807) is 0 Å². The van der Waals surface area contributed by atoms with Crippen molar-refractivity contribution in [3.05, 3.63) is 60.8 Å². The predicted octanol–water partition coefficient (Wildman–Crippen LogP) is 8.66. The molecule has 55 heavy (non-hydrogen) atoms. The first-order valence-electron chi connectivity index (χ1n) is 21.4. The molecule has 1 rings (SSSR count). The largest absolute Gasteiger partial charge is 0.462 e. The molecule has 0 aromatic heterocycles. The fraction of sp³-hybridized carbons (Fsp3) is 0.733. The maximum Gasteiger partial charge on any atom is 0.306 e. The first kappa shape index (κ1) is 50.4. The second-order valence-electron chi connectivity index (χ2n) is 14.4. The summed E-state index contributed by atoms with van der Waals surface area (Å²) in [7, 11) is 0. The average Bonchev–Trinajstić information content (AvgIpc) is 3.18. The minimum Gasteiger partial charge on any atom is -0.462 e. The number of carbonyl (C=O) groups excluding carboxylic acids is 2. The molecule has 0 radical (unpaired) electrons. The highest BCUT2D eigenvalue weighted by molar-refractivity contribution is 5.70. The van der Waals surface area contributed by atoms with Gasteiger partial charge in [-0.2, -0.15) is 0 Å². The Morgan fingerprint density at radius 2 is 1.07 bits per heavy atom. The summed E-state index contributed by atoms with van der Waals surface area (Å²) in [6.07, 6.45) is 35.1. The van der Waals surface area contributed by atoms with Gasteiger partial charge in [-0.1, -0.05) is 126 Å². The van der Waals surface area contributed by atoms with Crippen LogP contribution >= 0.6 is 0 Å². The molecule has 4 N–H and O–H groups in total. The van der Waals surface area contributed by atoms with E-state index >= 15 is 0 Å². The van der Waals surface area contributed by atoms with Gasteiger partial charge in [0.2, 0.25) is 0 Å². The molecule has 0 aliphatic carbocycles. The molecule has 1 aliphatic heterocycles. The van der Waals surface area contributed by atoms with Crippen molar-refractivity contribution < 1.29 is 49.0 Å². The van der Waals surface area contributed by atoms with Gasteiger partial charge in [0.25, 0.3) is 0 Å². The molecule has 10 nitrogen and oxygen atoms in total. The summed E-state index contributed by atoms with van der Waals surface area (Å²) >= 11 is 0. The Balaban J connectivity index is 2.38. The maximum absolute atomic E-state index is 12.7. The molecule has 1 aliphatic rings. The van der Waals surface area contributed by atoms with E-state index in [1.165, 1.54) is 25.7 Å². The standard InChI is InChI=1S/C45H76O10/c1-3-5-7-9-11-13-15-17-19-21-23-25-27-29-31-33-40(47)52-36-38(37-53-45-44(51)43(50)42(49)39(35-46)55-45)54-41(48)34-32-30-28-26-24-22-20-18-16-14-12-10-8-6-4-2/h6,8,11-14,17-20,38-39,42-46,49-51H,3-5,7,9-10,15-16,21-37H2,1-2H3/b8-6-,13-11-,14-12-,19-17-,20-18+/t38-,39-,42+,43+,44-,45-/m1/s1. The quantitative estimate of drug-likeness (QED) is 0.0284. The number of aliphatic hydroxyl groups is 4. The van der Waals surface area contributed by atoms with Crippen molar-refractivity contribution >= 4 is 11.9 Å². The lowest BCUT2D eigenvalue weighted by Crippen LogP contribution is -2.59. The summed E-state index contributed by atoms with van der Waals surface area (Å²) in [5, 5.41) is 40.0. The first-order chi connectivity index (χ1) is 26.8. The van der Waals surface area contributed by atoms with Crippen molar-refractivity contribution in [2.24, 2.45) is 0 Å². The van der Waals surface area contributed by atoms with Gasteiger partial charge < -0.3 is 39.4 Å². The molecule has 6 atom stereocenters. The number of esters is 2. The number of carbonyl (C=O) groups is 2. The summed E-state index contributed by atoms with van der Waals surface area (Å²) in [6.45, 7) is 3.23. The summed E-state index contributed by atoms with van der Waals surface area (Å²) < 4.78 is 22.1. The van der Waals surface area contributed by atoms with E-state index in [4.69, 9.17) is 18.9 Å². The zero-order valence-corrected chi connectivity index (χ0v) is 34.2. The van der Waals surface area contributed by atoms with E-state index in [0.29, 0.717) is 12.8 Å². The highest BCUT2D eigenvalue weighted by Gasteiger charge is 2.44. The minimum absolute atomic E-state index is 0.205. The summed E-state index contributed by atoms with van der Waals surface area (Å²) in [5.41, 5.74) is 0. The monoisotopic (exact) mass is 777 g/mol. The van der Waals surface area contributed by atoms with E-state index in [-0.39, 0.29) is 26.1 Å².